The molecule has 0 saturated heterocycles. The van der Waals surface area contributed by atoms with Crippen molar-refractivity contribution in [3.05, 3.63) is 77.8 Å². The van der Waals surface area contributed by atoms with Gasteiger partial charge in [0.2, 0.25) is 0 Å². The number of aryl methyl sites for hydroxylation is 1. The molecule has 160 valence electrons. The number of halogens is 3. The second-order valence-corrected chi connectivity index (χ2v) is 7.03. The fourth-order valence-corrected chi connectivity index (χ4v) is 3.50. The summed E-state index contributed by atoms with van der Waals surface area (Å²) in [5.74, 6) is -2.66. The Bertz CT molecular complexity index is 1470. The molecule has 0 spiro atoms. The first-order valence-corrected chi connectivity index (χ1v) is 9.50. The number of fused-ring (bicyclic) bond motifs is 1. The van der Waals surface area contributed by atoms with E-state index in [2.05, 4.69) is 25.1 Å². The van der Waals surface area contributed by atoms with Crippen LogP contribution in [0.4, 0.5) is 19.0 Å². The standard InChI is InChI=1S/C21H15F3N8/c1-31-15(6-8-27-31)12-10-26-21(30-20(12)25)19-16-3-2-7-28-32(16)17(29-19)9-11-13(22)4-5-14(23)18(11)24/h2-8,10H,9H2,1H3,(H2,25,26,30). The molecule has 1 aromatic carbocycles. The molecule has 4 heterocycles. The van der Waals surface area contributed by atoms with E-state index in [1.807, 2.05) is 0 Å². The van der Waals surface area contributed by atoms with Crippen LogP contribution in [-0.4, -0.2) is 34.3 Å². The summed E-state index contributed by atoms with van der Waals surface area (Å²) >= 11 is 0. The molecule has 0 amide bonds. The van der Waals surface area contributed by atoms with E-state index in [1.165, 1.54) is 10.7 Å². The Morgan fingerprint density at radius 2 is 1.78 bits per heavy atom. The molecule has 0 bridgehead atoms. The highest BCUT2D eigenvalue weighted by atomic mass is 19.2. The van der Waals surface area contributed by atoms with Crippen LogP contribution in [0.15, 0.2) is 48.9 Å². The molecule has 0 aliphatic rings. The first-order chi connectivity index (χ1) is 15.4. The molecule has 0 unspecified atom stereocenters. The van der Waals surface area contributed by atoms with E-state index in [9.17, 15) is 13.2 Å². The number of nitrogen functional groups attached to an aromatic ring is 1. The van der Waals surface area contributed by atoms with Crippen LogP contribution in [-0.2, 0) is 13.5 Å². The van der Waals surface area contributed by atoms with Gasteiger partial charge in [-0.15, -0.1) is 0 Å². The third-order valence-corrected chi connectivity index (χ3v) is 5.08. The maximum Gasteiger partial charge on any atom is 0.182 e. The highest BCUT2D eigenvalue weighted by molar-refractivity contribution is 5.77. The van der Waals surface area contributed by atoms with E-state index in [-0.39, 0.29) is 23.9 Å². The predicted octanol–water partition coefficient (Wildman–Crippen LogP) is 3.18. The normalized spacial score (nSPS) is 11.4. The molecule has 0 aliphatic carbocycles. The second kappa shape index (κ2) is 7.45. The zero-order chi connectivity index (χ0) is 22.4. The Balaban J connectivity index is 1.62. The van der Waals surface area contributed by atoms with E-state index >= 15 is 0 Å². The summed E-state index contributed by atoms with van der Waals surface area (Å²) in [4.78, 5) is 13.2. The minimum Gasteiger partial charge on any atom is -0.383 e. The van der Waals surface area contributed by atoms with Crippen LogP contribution in [0, 0.1) is 17.5 Å². The summed E-state index contributed by atoms with van der Waals surface area (Å²) in [5.41, 5.74) is 7.89. The Hall–Kier alpha value is -4.28. The molecule has 2 N–H and O–H groups in total. The topological polar surface area (TPSA) is 99.8 Å². The minimum absolute atomic E-state index is 0.192. The van der Waals surface area contributed by atoms with Gasteiger partial charge in [0.1, 0.15) is 23.2 Å². The van der Waals surface area contributed by atoms with Crippen molar-refractivity contribution >= 4 is 11.3 Å². The van der Waals surface area contributed by atoms with Crippen molar-refractivity contribution in [2.24, 2.45) is 7.05 Å². The van der Waals surface area contributed by atoms with Gasteiger partial charge in [-0.05, 0) is 30.3 Å². The number of imidazole rings is 1. The molecule has 8 nitrogen and oxygen atoms in total. The fraction of sp³-hybridized carbons (Fsp3) is 0.0952. The van der Waals surface area contributed by atoms with E-state index < -0.39 is 23.0 Å². The molecule has 32 heavy (non-hydrogen) atoms. The van der Waals surface area contributed by atoms with Gasteiger partial charge in [-0.25, -0.2) is 32.6 Å². The van der Waals surface area contributed by atoms with Crippen molar-refractivity contribution in [2.75, 3.05) is 5.73 Å². The van der Waals surface area contributed by atoms with E-state index in [4.69, 9.17) is 5.73 Å². The number of benzene rings is 1. The number of anilines is 1. The third-order valence-electron chi connectivity index (χ3n) is 5.08. The molecule has 0 aliphatic heterocycles. The molecule has 5 rings (SSSR count). The van der Waals surface area contributed by atoms with Gasteiger partial charge in [-0.2, -0.15) is 10.2 Å². The molecule has 0 fully saturated rings. The second-order valence-electron chi connectivity index (χ2n) is 7.03. The Kier molecular flexibility index (Phi) is 4.58. The maximum absolute atomic E-state index is 14.2. The predicted molar refractivity (Wildman–Crippen MR) is 110 cm³/mol. The van der Waals surface area contributed by atoms with Crippen LogP contribution in [0.2, 0.25) is 0 Å². The number of nitrogens with zero attached hydrogens (tertiary/aromatic N) is 7. The molecule has 0 saturated carbocycles. The van der Waals surface area contributed by atoms with Gasteiger partial charge in [-0.3, -0.25) is 4.68 Å². The summed E-state index contributed by atoms with van der Waals surface area (Å²) in [6.45, 7) is 0. The third kappa shape index (κ3) is 3.14. The molecular weight excluding hydrogens is 421 g/mol. The summed E-state index contributed by atoms with van der Waals surface area (Å²) in [6.07, 6.45) is 4.37. The van der Waals surface area contributed by atoms with Gasteiger partial charge in [0.05, 0.1) is 16.8 Å². The van der Waals surface area contributed by atoms with Crippen molar-refractivity contribution in [1.82, 2.24) is 34.3 Å². The zero-order valence-electron chi connectivity index (χ0n) is 16.7. The highest BCUT2D eigenvalue weighted by Gasteiger charge is 2.21. The molecule has 0 radical (unpaired) electrons. The SMILES string of the molecule is Cn1nccc1-c1cnc(-c2nc(Cc3c(F)ccc(F)c3F)n3ncccc23)nc1N. The van der Waals surface area contributed by atoms with Gasteiger partial charge in [0.25, 0.3) is 0 Å². The van der Waals surface area contributed by atoms with Gasteiger partial charge >= 0.3 is 0 Å². The van der Waals surface area contributed by atoms with Crippen LogP contribution in [0.3, 0.4) is 0 Å². The zero-order valence-corrected chi connectivity index (χ0v) is 16.7. The van der Waals surface area contributed by atoms with E-state index in [0.29, 0.717) is 16.8 Å². The fourth-order valence-electron chi connectivity index (χ4n) is 3.50. The van der Waals surface area contributed by atoms with Crippen LogP contribution < -0.4 is 5.73 Å². The van der Waals surface area contributed by atoms with Crippen LogP contribution in [0.1, 0.15) is 11.4 Å². The maximum atomic E-state index is 14.2. The van der Waals surface area contributed by atoms with Crippen LogP contribution in [0.25, 0.3) is 28.3 Å². The number of hydrogen-bond acceptors (Lipinski definition) is 6. The number of rotatable bonds is 4. The van der Waals surface area contributed by atoms with Gasteiger partial charge < -0.3 is 5.73 Å². The van der Waals surface area contributed by atoms with Gasteiger partial charge in [0, 0.05) is 37.6 Å². The van der Waals surface area contributed by atoms with Crippen molar-refractivity contribution in [2.45, 2.75) is 6.42 Å². The average molecular weight is 436 g/mol. The van der Waals surface area contributed by atoms with Crippen molar-refractivity contribution in [3.63, 3.8) is 0 Å². The van der Waals surface area contributed by atoms with E-state index in [1.54, 1.807) is 42.3 Å². The van der Waals surface area contributed by atoms with Gasteiger partial charge in [-0.1, -0.05) is 0 Å². The number of hydrogen-bond donors (Lipinski definition) is 1. The molecule has 4 aromatic heterocycles. The largest absolute Gasteiger partial charge is 0.383 e. The summed E-state index contributed by atoms with van der Waals surface area (Å²) in [5, 5.41) is 8.33. The smallest absolute Gasteiger partial charge is 0.182 e. The molecule has 5 aromatic rings. The molecule has 0 atom stereocenters. The van der Waals surface area contributed by atoms with Crippen molar-refractivity contribution in [1.29, 1.82) is 0 Å². The Morgan fingerprint density at radius 1 is 0.969 bits per heavy atom. The average Bonchev–Trinajstić information content (AvgIpc) is 3.37. The lowest BCUT2D eigenvalue weighted by Gasteiger charge is -2.06. The van der Waals surface area contributed by atoms with Crippen molar-refractivity contribution in [3.8, 4) is 22.8 Å². The van der Waals surface area contributed by atoms with Crippen LogP contribution >= 0.6 is 0 Å². The quantitative estimate of drug-likeness (QED) is 0.435. The monoisotopic (exact) mass is 436 g/mol. The lowest BCUT2D eigenvalue weighted by atomic mass is 10.1. The Labute approximate surface area is 179 Å². The minimum atomic E-state index is -1.26. The molecule has 11 heteroatoms. The molecular formula is C21H15F3N8. The lowest BCUT2D eigenvalue weighted by molar-refractivity contribution is 0.481. The highest BCUT2D eigenvalue weighted by Crippen LogP contribution is 2.28. The first kappa shape index (κ1) is 19.7. The number of aromatic nitrogens is 7. The summed E-state index contributed by atoms with van der Waals surface area (Å²) in [7, 11) is 1.77. The van der Waals surface area contributed by atoms with E-state index in [0.717, 1.165) is 17.8 Å². The van der Waals surface area contributed by atoms with Crippen LogP contribution in [0.5, 0.6) is 0 Å². The summed E-state index contributed by atoms with van der Waals surface area (Å²) < 4.78 is 45.1. The van der Waals surface area contributed by atoms with Gasteiger partial charge in [0.15, 0.2) is 17.5 Å². The number of nitrogens with two attached hydrogens (primary N) is 1. The first-order valence-electron chi connectivity index (χ1n) is 9.50. The summed E-state index contributed by atoms with van der Waals surface area (Å²) in [6, 6.07) is 6.79. The van der Waals surface area contributed by atoms with Crippen molar-refractivity contribution < 1.29 is 13.2 Å². The Morgan fingerprint density at radius 3 is 2.53 bits per heavy atom. The lowest BCUT2D eigenvalue weighted by Crippen LogP contribution is -2.05.